The maximum Gasteiger partial charge on any atom is 0.179 e. The van der Waals surface area contributed by atoms with Crippen LogP contribution in [0.15, 0.2) is 0 Å². The van der Waals surface area contributed by atoms with Crippen molar-refractivity contribution >= 4 is 23.4 Å². The number of hydrogen-bond donors (Lipinski definition) is 1. The van der Waals surface area contributed by atoms with Crippen molar-refractivity contribution < 1.29 is 0 Å². The third kappa shape index (κ3) is 2.11. The summed E-state index contributed by atoms with van der Waals surface area (Å²) in [6.07, 6.45) is 0. The predicted molar refractivity (Wildman–Crippen MR) is 77.3 cm³/mol. The maximum atomic E-state index is 5.45. The largest absolute Gasteiger partial charge is 0.328 e. The minimum Gasteiger partial charge on any atom is -0.328 e. The van der Waals surface area contributed by atoms with E-state index in [-0.39, 0.29) is 0 Å². The number of aromatic amines is 1. The quantitative estimate of drug-likeness (QED) is 0.860. The van der Waals surface area contributed by atoms with Gasteiger partial charge < -0.3 is 9.55 Å². The van der Waals surface area contributed by atoms with Gasteiger partial charge in [0.1, 0.15) is 5.52 Å². The van der Waals surface area contributed by atoms with Gasteiger partial charge in [-0.15, -0.1) is 0 Å². The first-order valence-corrected chi connectivity index (χ1v) is 7.02. The number of rotatable bonds is 4. The third-order valence-corrected chi connectivity index (χ3v) is 4.06. The average molecular weight is 266 g/mol. The first-order chi connectivity index (χ1) is 8.45. The van der Waals surface area contributed by atoms with Crippen LogP contribution in [-0.4, -0.2) is 19.3 Å². The zero-order valence-electron chi connectivity index (χ0n) is 11.8. The van der Waals surface area contributed by atoms with Crippen LogP contribution in [0.3, 0.4) is 0 Å². The molecule has 1 unspecified atom stereocenters. The molecule has 0 aliphatic rings. The minimum atomic E-state index is 0.594. The normalized spacial score (nSPS) is 13.7. The summed E-state index contributed by atoms with van der Waals surface area (Å²) in [6, 6.07) is 0. The van der Waals surface area contributed by atoms with Gasteiger partial charge in [0.2, 0.25) is 0 Å². The van der Waals surface area contributed by atoms with Crippen LogP contribution in [0, 0.1) is 23.5 Å². The molecule has 100 valence electrons. The summed E-state index contributed by atoms with van der Waals surface area (Å²) in [6.45, 7) is 12.7. The molecule has 2 aromatic heterocycles. The van der Waals surface area contributed by atoms with Crippen LogP contribution in [-0.2, 0) is 13.1 Å². The molecule has 0 fully saturated rings. The topological polar surface area (TPSA) is 38.5 Å². The van der Waals surface area contributed by atoms with E-state index < -0.39 is 0 Å². The molecular weight excluding hydrogens is 244 g/mol. The van der Waals surface area contributed by atoms with Gasteiger partial charge in [-0.1, -0.05) is 20.8 Å². The Hall–Kier alpha value is -1.10. The molecule has 0 amide bonds. The van der Waals surface area contributed by atoms with Gasteiger partial charge in [0.25, 0.3) is 0 Å². The zero-order valence-corrected chi connectivity index (χ0v) is 12.6. The summed E-state index contributed by atoms with van der Waals surface area (Å²) in [5.74, 6) is 1.24. The Morgan fingerprint density at radius 2 is 2.00 bits per heavy atom. The van der Waals surface area contributed by atoms with E-state index >= 15 is 0 Å². The summed E-state index contributed by atoms with van der Waals surface area (Å²) in [5.41, 5.74) is 3.24. The molecule has 2 heterocycles. The number of aryl methyl sites for hydroxylation is 2. The fourth-order valence-electron chi connectivity index (χ4n) is 2.15. The van der Waals surface area contributed by atoms with Crippen LogP contribution < -0.4 is 0 Å². The zero-order chi connectivity index (χ0) is 13.4. The van der Waals surface area contributed by atoms with Gasteiger partial charge in [0, 0.05) is 13.1 Å². The number of imidazole rings is 1. The lowest BCUT2D eigenvalue weighted by molar-refractivity contribution is 0.364. The average Bonchev–Trinajstić information content (AvgIpc) is 2.78. The number of nitrogens with one attached hydrogen (secondary N) is 1. The Morgan fingerprint density at radius 3 is 2.56 bits per heavy atom. The third-order valence-electron chi connectivity index (χ3n) is 3.74. The highest BCUT2D eigenvalue weighted by atomic mass is 32.1. The molecule has 0 spiro atoms. The minimum absolute atomic E-state index is 0.594. The lowest BCUT2D eigenvalue weighted by Gasteiger charge is -2.16. The van der Waals surface area contributed by atoms with Gasteiger partial charge in [0.05, 0.1) is 5.69 Å². The highest BCUT2D eigenvalue weighted by Crippen LogP contribution is 2.21. The highest BCUT2D eigenvalue weighted by molar-refractivity contribution is 7.71. The standard InChI is InChI=1S/C13H22N4S/c1-6-17-12-11(10(5)15-17)14-13(18)16(12)7-9(4)8(2)3/h8-9H,6-7H2,1-5H3,(H,14,18). The molecule has 0 saturated carbocycles. The van der Waals surface area contributed by atoms with Gasteiger partial charge in [-0.05, 0) is 37.9 Å². The van der Waals surface area contributed by atoms with Crippen molar-refractivity contribution in [3.8, 4) is 0 Å². The van der Waals surface area contributed by atoms with Crippen molar-refractivity contribution in [3.05, 3.63) is 10.5 Å². The second-order valence-electron chi connectivity index (χ2n) is 5.36. The fraction of sp³-hybridized carbons (Fsp3) is 0.692. The lowest BCUT2D eigenvalue weighted by atomic mass is 9.98. The smallest absolute Gasteiger partial charge is 0.179 e. The molecule has 2 rings (SSSR count). The Morgan fingerprint density at radius 1 is 1.33 bits per heavy atom. The van der Waals surface area contributed by atoms with Crippen LogP contribution in [0.1, 0.15) is 33.4 Å². The molecule has 0 bridgehead atoms. The van der Waals surface area contributed by atoms with Crippen LogP contribution in [0.2, 0.25) is 0 Å². The van der Waals surface area contributed by atoms with Gasteiger partial charge in [-0.3, -0.25) is 0 Å². The van der Waals surface area contributed by atoms with Crippen molar-refractivity contribution in [1.29, 1.82) is 0 Å². The second-order valence-corrected chi connectivity index (χ2v) is 5.75. The van der Waals surface area contributed by atoms with Crippen LogP contribution in [0.25, 0.3) is 11.2 Å². The molecule has 0 aromatic carbocycles. The van der Waals surface area contributed by atoms with Crippen molar-refractivity contribution in [2.45, 2.75) is 47.7 Å². The maximum absolute atomic E-state index is 5.45. The van der Waals surface area contributed by atoms with Gasteiger partial charge in [-0.2, -0.15) is 5.10 Å². The molecule has 18 heavy (non-hydrogen) atoms. The Kier molecular flexibility index (Phi) is 3.61. The van der Waals surface area contributed by atoms with Gasteiger partial charge >= 0.3 is 0 Å². The van der Waals surface area contributed by atoms with Crippen LogP contribution in [0.4, 0.5) is 0 Å². The van der Waals surface area contributed by atoms with Gasteiger partial charge in [-0.25, -0.2) is 4.68 Å². The lowest BCUT2D eigenvalue weighted by Crippen LogP contribution is -2.15. The van der Waals surface area contributed by atoms with E-state index in [4.69, 9.17) is 12.2 Å². The number of nitrogens with zero attached hydrogens (tertiary/aromatic N) is 3. The van der Waals surface area contributed by atoms with Crippen molar-refractivity contribution in [1.82, 2.24) is 19.3 Å². The van der Waals surface area contributed by atoms with E-state index in [0.717, 1.165) is 34.7 Å². The van der Waals surface area contributed by atoms with Crippen molar-refractivity contribution in [2.24, 2.45) is 11.8 Å². The SMILES string of the molecule is CCn1nc(C)c2[nH]c(=S)n(CC(C)C(C)C)c21. The van der Waals surface area contributed by atoms with E-state index in [1.807, 2.05) is 11.6 Å². The number of H-pyrrole nitrogens is 1. The van der Waals surface area contributed by atoms with E-state index in [1.54, 1.807) is 0 Å². The predicted octanol–water partition coefficient (Wildman–Crippen LogP) is 3.52. The summed E-state index contributed by atoms with van der Waals surface area (Å²) in [4.78, 5) is 3.29. The van der Waals surface area contributed by atoms with Gasteiger partial charge in [0.15, 0.2) is 10.4 Å². The molecule has 1 atom stereocenters. The van der Waals surface area contributed by atoms with E-state index in [0.29, 0.717) is 11.8 Å². The molecular formula is C13H22N4S. The Labute approximate surface area is 113 Å². The molecule has 0 aliphatic carbocycles. The van der Waals surface area contributed by atoms with Crippen molar-refractivity contribution in [2.75, 3.05) is 0 Å². The van der Waals surface area contributed by atoms with Crippen LogP contribution >= 0.6 is 12.2 Å². The summed E-state index contributed by atoms with van der Waals surface area (Å²) >= 11 is 5.45. The Bertz CT molecular complexity index is 602. The highest BCUT2D eigenvalue weighted by Gasteiger charge is 2.16. The summed E-state index contributed by atoms with van der Waals surface area (Å²) < 4.78 is 5.03. The first-order valence-electron chi connectivity index (χ1n) is 6.61. The molecule has 0 aliphatic heterocycles. The Balaban J connectivity index is 2.55. The second kappa shape index (κ2) is 4.88. The van der Waals surface area contributed by atoms with Crippen LogP contribution in [0.5, 0.6) is 0 Å². The molecule has 2 aromatic rings. The van der Waals surface area contributed by atoms with E-state index in [2.05, 4.69) is 42.3 Å². The summed E-state index contributed by atoms with van der Waals surface area (Å²) in [5, 5.41) is 4.54. The number of fused-ring (bicyclic) bond motifs is 1. The molecule has 1 N–H and O–H groups in total. The number of aromatic nitrogens is 4. The monoisotopic (exact) mass is 266 g/mol. The van der Waals surface area contributed by atoms with E-state index in [9.17, 15) is 0 Å². The van der Waals surface area contributed by atoms with Crippen molar-refractivity contribution in [3.63, 3.8) is 0 Å². The molecule has 4 nitrogen and oxygen atoms in total. The molecule has 0 radical (unpaired) electrons. The van der Waals surface area contributed by atoms with E-state index in [1.165, 1.54) is 0 Å². The number of hydrogen-bond acceptors (Lipinski definition) is 2. The molecule has 0 saturated heterocycles. The fourth-order valence-corrected chi connectivity index (χ4v) is 2.41. The molecule has 5 heteroatoms. The first kappa shape index (κ1) is 13.3. The summed E-state index contributed by atoms with van der Waals surface area (Å²) in [7, 11) is 0.